The third-order valence-electron chi connectivity index (χ3n) is 3.58. The van der Waals surface area contributed by atoms with E-state index in [1.54, 1.807) is 7.05 Å². The second-order valence-corrected chi connectivity index (χ2v) is 6.32. The van der Waals surface area contributed by atoms with Crippen LogP contribution in [0.4, 0.5) is 0 Å². The number of fused-ring (bicyclic) bond motifs is 1. The molecule has 0 bridgehead atoms. The quantitative estimate of drug-likeness (QED) is 0.625. The zero-order valence-electron chi connectivity index (χ0n) is 11.6. The van der Waals surface area contributed by atoms with Crippen molar-refractivity contribution in [1.29, 1.82) is 0 Å². The molecule has 1 atom stereocenters. The average molecular weight is 367 g/mol. The van der Waals surface area contributed by atoms with Gasteiger partial charge < -0.3 is 4.42 Å². The Kier molecular flexibility index (Phi) is 3.68. The van der Waals surface area contributed by atoms with Crippen molar-refractivity contribution in [3.05, 3.63) is 68.1 Å². The second kappa shape index (κ2) is 5.35. The summed E-state index contributed by atoms with van der Waals surface area (Å²) < 4.78 is 7.74. The van der Waals surface area contributed by atoms with Crippen molar-refractivity contribution >= 4 is 38.6 Å². The molecule has 21 heavy (non-hydrogen) atoms. The lowest BCUT2D eigenvalue weighted by Gasteiger charge is -2.12. The number of aromatic nitrogens is 1. The van der Waals surface area contributed by atoms with Crippen molar-refractivity contribution in [2.24, 2.45) is 7.05 Å². The molecule has 3 aromatic rings. The van der Waals surface area contributed by atoms with Gasteiger partial charge in [0.2, 0.25) is 0 Å². The first-order valence-electron chi connectivity index (χ1n) is 6.47. The summed E-state index contributed by atoms with van der Waals surface area (Å²) in [7, 11) is 1.68. The molecule has 0 aliphatic heterocycles. The standard InChI is InChI=1S/C16H13BrClNO2/c1-9-7-10(3-5-12(9)17)15(18)11-4-6-13-14(8-11)21-16(20)19(13)2/h3-8,15H,1-2H3. The van der Waals surface area contributed by atoms with Crippen molar-refractivity contribution in [3.8, 4) is 0 Å². The molecular weight excluding hydrogens is 354 g/mol. The van der Waals surface area contributed by atoms with E-state index >= 15 is 0 Å². The number of nitrogens with zero attached hydrogens (tertiary/aromatic N) is 1. The largest absolute Gasteiger partial charge is 0.419 e. The van der Waals surface area contributed by atoms with Gasteiger partial charge in [-0.25, -0.2) is 4.79 Å². The summed E-state index contributed by atoms with van der Waals surface area (Å²) in [6, 6.07) is 11.6. The predicted molar refractivity (Wildman–Crippen MR) is 88.0 cm³/mol. The van der Waals surface area contributed by atoms with Gasteiger partial charge in [-0.1, -0.05) is 34.1 Å². The maximum Gasteiger partial charge on any atom is 0.419 e. The van der Waals surface area contributed by atoms with Gasteiger partial charge in [0.1, 0.15) is 0 Å². The number of oxazole rings is 1. The van der Waals surface area contributed by atoms with Crippen LogP contribution >= 0.6 is 27.5 Å². The Morgan fingerprint density at radius 1 is 1.19 bits per heavy atom. The number of hydrogen-bond acceptors (Lipinski definition) is 2. The van der Waals surface area contributed by atoms with Crippen molar-refractivity contribution < 1.29 is 4.42 Å². The lowest BCUT2D eigenvalue weighted by Crippen LogP contribution is -2.08. The highest BCUT2D eigenvalue weighted by molar-refractivity contribution is 9.10. The van der Waals surface area contributed by atoms with E-state index in [1.807, 2.05) is 43.3 Å². The lowest BCUT2D eigenvalue weighted by atomic mass is 10.0. The Morgan fingerprint density at radius 3 is 2.57 bits per heavy atom. The van der Waals surface area contributed by atoms with Gasteiger partial charge in [-0.05, 0) is 41.8 Å². The minimum absolute atomic E-state index is 0.285. The fourth-order valence-corrected chi connectivity index (χ4v) is 2.84. The molecule has 0 fully saturated rings. The number of aryl methyl sites for hydroxylation is 2. The summed E-state index contributed by atoms with van der Waals surface area (Å²) in [4.78, 5) is 11.5. The van der Waals surface area contributed by atoms with Gasteiger partial charge in [-0.3, -0.25) is 4.57 Å². The van der Waals surface area contributed by atoms with Crippen LogP contribution in [0.1, 0.15) is 22.1 Å². The van der Waals surface area contributed by atoms with Crippen LogP contribution in [-0.4, -0.2) is 4.57 Å². The van der Waals surface area contributed by atoms with Gasteiger partial charge in [0, 0.05) is 11.5 Å². The van der Waals surface area contributed by atoms with E-state index in [1.165, 1.54) is 4.57 Å². The Balaban J connectivity index is 2.06. The van der Waals surface area contributed by atoms with Crippen LogP contribution in [0, 0.1) is 6.92 Å². The van der Waals surface area contributed by atoms with E-state index in [4.69, 9.17) is 16.0 Å². The first-order chi connectivity index (χ1) is 9.97. The van der Waals surface area contributed by atoms with Crippen LogP contribution < -0.4 is 5.76 Å². The number of rotatable bonds is 2. The molecule has 0 saturated heterocycles. The van der Waals surface area contributed by atoms with Crippen LogP contribution in [0.5, 0.6) is 0 Å². The van der Waals surface area contributed by atoms with Crippen LogP contribution in [0.3, 0.4) is 0 Å². The Bertz CT molecular complexity index is 882. The highest BCUT2D eigenvalue weighted by Crippen LogP contribution is 2.32. The molecule has 3 nitrogen and oxygen atoms in total. The number of halogens is 2. The molecule has 2 aromatic carbocycles. The maximum atomic E-state index is 11.5. The summed E-state index contributed by atoms with van der Waals surface area (Å²) in [5.74, 6) is -0.368. The van der Waals surface area contributed by atoms with E-state index < -0.39 is 0 Å². The molecule has 1 unspecified atom stereocenters. The van der Waals surface area contributed by atoms with Gasteiger partial charge in [0.15, 0.2) is 5.58 Å². The van der Waals surface area contributed by atoms with Gasteiger partial charge >= 0.3 is 5.76 Å². The Hall–Kier alpha value is -1.52. The van der Waals surface area contributed by atoms with Crippen molar-refractivity contribution in [3.63, 3.8) is 0 Å². The summed E-state index contributed by atoms with van der Waals surface area (Å²) in [5.41, 5.74) is 4.36. The van der Waals surface area contributed by atoms with E-state index in [0.717, 1.165) is 26.7 Å². The summed E-state index contributed by atoms with van der Waals surface area (Å²) in [6.45, 7) is 2.02. The fraction of sp³-hybridized carbons (Fsp3) is 0.188. The fourth-order valence-electron chi connectivity index (χ4n) is 2.33. The minimum atomic E-state index is -0.368. The molecular formula is C16H13BrClNO2. The molecule has 0 amide bonds. The van der Waals surface area contributed by atoms with Gasteiger partial charge in [-0.15, -0.1) is 11.6 Å². The average Bonchev–Trinajstić information content (AvgIpc) is 2.76. The monoisotopic (exact) mass is 365 g/mol. The summed E-state index contributed by atoms with van der Waals surface area (Å²) in [5, 5.41) is -0.285. The van der Waals surface area contributed by atoms with Crippen molar-refractivity contribution in [2.45, 2.75) is 12.3 Å². The van der Waals surface area contributed by atoms with Gasteiger partial charge in [0.25, 0.3) is 0 Å². The molecule has 108 valence electrons. The molecule has 1 aromatic heterocycles. The first-order valence-corrected chi connectivity index (χ1v) is 7.70. The normalized spacial score (nSPS) is 12.8. The molecule has 3 rings (SSSR count). The molecule has 0 N–H and O–H groups in total. The molecule has 0 aliphatic carbocycles. The van der Waals surface area contributed by atoms with Crippen molar-refractivity contribution in [1.82, 2.24) is 4.57 Å². The number of benzene rings is 2. The molecule has 0 aliphatic rings. The van der Waals surface area contributed by atoms with E-state index in [2.05, 4.69) is 15.9 Å². The predicted octanol–water partition coefficient (Wildman–Crippen LogP) is 4.53. The lowest BCUT2D eigenvalue weighted by molar-refractivity contribution is 0.528. The highest BCUT2D eigenvalue weighted by Gasteiger charge is 2.14. The zero-order valence-corrected chi connectivity index (χ0v) is 13.9. The van der Waals surface area contributed by atoms with Crippen LogP contribution in [0.15, 0.2) is 50.1 Å². The molecule has 0 saturated carbocycles. The molecule has 1 heterocycles. The van der Waals surface area contributed by atoms with Crippen LogP contribution in [0.25, 0.3) is 11.1 Å². The Morgan fingerprint density at radius 2 is 1.86 bits per heavy atom. The molecule has 0 spiro atoms. The summed E-state index contributed by atoms with van der Waals surface area (Å²) >= 11 is 10.0. The highest BCUT2D eigenvalue weighted by atomic mass is 79.9. The maximum absolute atomic E-state index is 11.5. The second-order valence-electron chi connectivity index (χ2n) is 5.03. The van der Waals surface area contributed by atoms with Crippen LogP contribution in [0.2, 0.25) is 0 Å². The van der Waals surface area contributed by atoms with E-state index in [0.29, 0.717) is 5.58 Å². The zero-order chi connectivity index (χ0) is 15.1. The third-order valence-corrected chi connectivity index (χ3v) is 4.98. The number of alkyl halides is 1. The smallest absolute Gasteiger partial charge is 0.408 e. The number of hydrogen-bond donors (Lipinski definition) is 0. The van der Waals surface area contributed by atoms with E-state index in [-0.39, 0.29) is 11.1 Å². The Labute approximate surface area is 135 Å². The van der Waals surface area contributed by atoms with Crippen LogP contribution in [-0.2, 0) is 7.05 Å². The minimum Gasteiger partial charge on any atom is -0.408 e. The molecule has 0 radical (unpaired) electrons. The topological polar surface area (TPSA) is 35.1 Å². The third kappa shape index (κ3) is 2.54. The van der Waals surface area contributed by atoms with Gasteiger partial charge in [-0.2, -0.15) is 0 Å². The van der Waals surface area contributed by atoms with E-state index in [9.17, 15) is 4.79 Å². The van der Waals surface area contributed by atoms with Crippen molar-refractivity contribution in [2.75, 3.05) is 0 Å². The molecule has 5 heteroatoms. The summed E-state index contributed by atoms with van der Waals surface area (Å²) in [6.07, 6.45) is 0. The SMILES string of the molecule is Cc1cc(C(Cl)c2ccc3c(c2)oc(=O)n3C)ccc1Br. The first kappa shape index (κ1) is 14.4. The van der Waals surface area contributed by atoms with Gasteiger partial charge in [0.05, 0.1) is 10.9 Å².